The van der Waals surface area contributed by atoms with Crippen molar-refractivity contribution in [2.75, 3.05) is 20.2 Å². The minimum atomic E-state index is -0.799. The number of likely N-dealkylation sites (tertiary alicyclic amines) is 1. The number of para-hydroxylation sites is 1. The molecular formula is C21H29N3O2. The standard InChI is InChI=1S/C21H29N3O2/c1-15-22-11-17(23(15)2)13-24-12-16-7-6-10-21(25,19(16)14-24)18-8-4-5-9-20(18)26-3/h4-5,8-9,11,16,19,25H,6-7,10,12-14H2,1-3H3. The van der Waals surface area contributed by atoms with E-state index < -0.39 is 5.60 Å². The zero-order valence-electron chi connectivity index (χ0n) is 16.0. The Hall–Kier alpha value is -1.85. The molecule has 26 heavy (non-hydrogen) atoms. The van der Waals surface area contributed by atoms with Crippen LogP contribution in [0.15, 0.2) is 30.5 Å². The highest BCUT2D eigenvalue weighted by atomic mass is 16.5. The van der Waals surface area contributed by atoms with Gasteiger partial charge in [0.2, 0.25) is 0 Å². The van der Waals surface area contributed by atoms with E-state index in [2.05, 4.69) is 21.5 Å². The largest absolute Gasteiger partial charge is 0.496 e. The third-order valence-corrected chi connectivity index (χ3v) is 6.54. The Morgan fingerprint density at radius 3 is 2.85 bits per heavy atom. The molecule has 2 aromatic rings. The Balaban J connectivity index is 1.59. The second kappa shape index (κ2) is 6.71. The first-order chi connectivity index (χ1) is 12.5. The maximum absolute atomic E-state index is 11.7. The molecule has 1 N–H and O–H groups in total. The topological polar surface area (TPSA) is 50.5 Å². The molecule has 1 aromatic carbocycles. The summed E-state index contributed by atoms with van der Waals surface area (Å²) in [7, 11) is 3.76. The number of benzene rings is 1. The number of ether oxygens (including phenoxy) is 1. The van der Waals surface area contributed by atoms with Crippen LogP contribution >= 0.6 is 0 Å². The van der Waals surface area contributed by atoms with Crippen molar-refractivity contribution >= 4 is 0 Å². The number of aryl methyl sites for hydroxylation is 1. The maximum Gasteiger partial charge on any atom is 0.124 e. The molecule has 5 heteroatoms. The molecule has 1 aliphatic heterocycles. The predicted octanol–water partition coefficient (Wildman–Crippen LogP) is 2.86. The second-order valence-corrected chi connectivity index (χ2v) is 7.93. The normalized spacial score (nSPS) is 28.9. The van der Waals surface area contributed by atoms with E-state index in [0.29, 0.717) is 5.92 Å². The Labute approximate surface area is 155 Å². The average Bonchev–Trinajstić information content (AvgIpc) is 3.21. The molecule has 5 nitrogen and oxygen atoms in total. The first kappa shape index (κ1) is 17.6. The summed E-state index contributed by atoms with van der Waals surface area (Å²) < 4.78 is 7.73. The van der Waals surface area contributed by atoms with Crippen LogP contribution in [0.3, 0.4) is 0 Å². The molecule has 2 aliphatic rings. The van der Waals surface area contributed by atoms with Crippen LogP contribution in [0.25, 0.3) is 0 Å². The number of aliphatic hydroxyl groups is 1. The van der Waals surface area contributed by atoms with Gasteiger partial charge in [-0.05, 0) is 38.2 Å². The van der Waals surface area contributed by atoms with Gasteiger partial charge in [0.25, 0.3) is 0 Å². The summed E-state index contributed by atoms with van der Waals surface area (Å²) in [6.45, 7) is 4.90. The highest BCUT2D eigenvalue weighted by molar-refractivity contribution is 5.39. The van der Waals surface area contributed by atoms with Crippen LogP contribution in [-0.4, -0.2) is 39.8 Å². The van der Waals surface area contributed by atoms with E-state index in [4.69, 9.17) is 4.74 Å². The van der Waals surface area contributed by atoms with E-state index >= 15 is 0 Å². The van der Waals surface area contributed by atoms with Gasteiger partial charge in [-0.1, -0.05) is 18.2 Å². The molecule has 3 unspecified atom stereocenters. The van der Waals surface area contributed by atoms with Crippen molar-refractivity contribution in [3.05, 3.63) is 47.5 Å². The molecule has 0 spiro atoms. The second-order valence-electron chi connectivity index (χ2n) is 7.93. The molecule has 140 valence electrons. The van der Waals surface area contributed by atoms with E-state index in [1.54, 1.807) is 7.11 Å². The minimum Gasteiger partial charge on any atom is -0.496 e. The molecule has 1 saturated carbocycles. The van der Waals surface area contributed by atoms with Gasteiger partial charge >= 0.3 is 0 Å². The molecule has 3 atom stereocenters. The third-order valence-electron chi connectivity index (χ3n) is 6.54. The molecule has 0 bridgehead atoms. The van der Waals surface area contributed by atoms with Crippen LogP contribution in [0, 0.1) is 18.8 Å². The quantitative estimate of drug-likeness (QED) is 0.916. The SMILES string of the molecule is COc1ccccc1C1(O)CCCC2CN(Cc3cnc(C)n3C)CC21. The average molecular weight is 355 g/mol. The summed E-state index contributed by atoms with van der Waals surface area (Å²) in [6.07, 6.45) is 5.05. The molecule has 2 heterocycles. The Morgan fingerprint density at radius 2 is 2.12 bits per heavy atom. The van der Waals surface area contributed by atoms with Crippen molar-refractivity contribution in [3.63, 3.8) is 0 Å². The molecule has 1 aromatic heterocycles. The van der Waals surface area contributed by atoms with Gasteiger partial charge in [0.05, 0.1) is 18.4 Å². The monoisotopic (exact) mass is 355 g/mol. The van der Waals surface area contributed by atoms with Gasteiger partial charge in [0.15, 0.2) is 0 Å². The van der Waals surface area contributed by atoms with Crippen molar-refractivity contribution in [1.82, 2.24) is 14.5 Å². The minimum absolute atomic E-state index is 0.252. The lowest BCUT2D eigenvalue weighted by atomic mass is 9.67. The lowest BCUT2D eigenvalue weighted by Gasteiger charge is -2.42. The van der Waals surface area contributed by atoms with Gasteiger partial charge in [-0.15, -0.1) is 0 Å². The van der Waals surface area contributed by atoms with Crippen molar-refractivity contribution < 1.29 is 9.84 Å². The summed E-state index contributed by atoms with van der Waals surface area (Å²) >= 11 is 0. The number of imidazole rings is 1. The molecule has 1 saturated heterocycles. The molecular weight excluding hydrogens is 326 g/mol. The van der Waals surface area contributed by atoms with Crippen LogP contribution in [-0.2, 0) is 19.2 Å². The van der Waals surface area contributed by atoms with Crippen molar-refractivity contribution in [3.8, 4) is 5.75 Å². The maximum atomic E-state index is 11.7. The van der Waals surface area contributed by atoms with Gasteiger partial charge in [-0.25, -0.2) is 4.98 Å². The fraction of sp³-hybridized carbons (Fsp3) is 0.571. The number of hydrogen-bond acceptors (Lipinski definition) is 4. The highest BCUT2D eigenvalue weighted by Gasteiger charge is 2.50. The van der Waals surface area contributed by atoms with E-state index in [1.165, 1.54) is 12.1 Å². The van der Waals surface area contributed by atoms with Crippen molar-refractivity contribution in [2.45, 2.75) is 38.3 Å². The molecule has 0 amide bonds. The van der Waals surface area contributed by atoms with Crippen LogP contribution < -0.4 is 4.74 Å². The summed E-state index contributed by atoms with van der Waals surface area (Å²) in [6, 6.07) is 7.97. The number of aromatic nitrogens is 2. The van der Waals surface area contributed by atoms with E-state index in [9.17, 15) is 5.11 Å². The predicted molar refractivity (Wildman–Crippen MR) is 101 cm³/mol. The Morgan fingerprint density at radius 1 is 1.31 bits per heavy atom. The summed E-state index contributed by atoms with van der Waals surface area (Å²) in [5.41, 5.74) is 1.39. The third kappa shape index (κ3) is 2.83. The van der Waals surface area contributed by atoms with E-state index in [1.807, 2.05) is 37.4 Å². The van der Waals surface area contributed by atoms with Gasteiger partial charge in [0, 0.05) is 44.4 Å². The van der Waals surface area contributed by atoms with Crippen LogP contribution in [0.5, 0.6) is 5.75 Å². The summed E-state index contributed by atoms with van der Waals surface area (Å²) in [5.74, 6) is 2.63. The number of fused-ring (bicyclic) bond motifs is 1. The van der Waals surface area contributed by atoms with Crippen LogP contribution in [0.4, 0.5) is 0 Å². The lowest BCUT2D eigenvalue weighted by Crippen LogP contribution is -2.43. The Kier molecular flexibility index (Phi) is 4.53. The van der Waals surface area contributed by atoms with Gasteiger partial charge in [0.1, 0.15) is 11.6 Å². The van der Waals surface area contributed by atoms with Gasteiger partial charge < -0.3 is 14.4 Å². The number of rotatable bonds is 4. The van der Waals surface area contributed by atoms with Crippen LogP contribution in [0.1, 0.15) is 36.3 Å². The molecule has 2 fully saturated rings. The molecule has 0 radical (unpaired) electrons. The number of hydrogen-bond donors (Lipinski definition) is 1. The summed E-state index contributed by atoms with van der Waals surface area (Å²) in [4.78, 5) is 6.90. The Bertz CT molecular complexity index is 787. The first-order valence-corrected chi connectivity index (χ1v) is 9.58. The lowest BCUT2D eigenvalue weighted by molar-refractivity contribution is -0.0662. The van der Waals surface area contributed by atoms with Crippen molar-refractivity contribution in [1.29, 1.82) is 0 Å². The smallest absolute Gasteiger partial charge is 0.124 e. The number of nitrogens with zero attached hydrogens (tertiary/aromatic N) is 3. The van der Waals surface area contributed by atoms with Crippen LogP contribution in [0.2, 0.25) is 0 Å². The molecule has 4 rings (SSSR count). The fourth-order valence-corrected chi connectivity index (χ4v) is 5.00. The van der Waals surface area contributed by atoms with Gasteiger partial charge in [-0.2, -0.15) is 0 Å². The zero-order valence-corrected chi connectivity index (χ0v) is 16.0. The molecule has 1 aliphatic carbocycles. The first-order valence-electron chi connectivity index (χ1n) is 9.58. The highest BCUT2D eigenvalue weighted by Crippen LogP contribution is 2.50. The van der Waals surface area contributed by atoms with Crippen molar-refractivity contribution in [2.24, 2.45) is 18.9 Å². The number of methoxy groups -OCH3 is 1. The van der Waals surface area contributed by atoms with Gasteiger partial charge in [-0.3, -0.25) is 4.90 Å². The fourth-order valence-electron chi connectivity index (χ4n) is 5.00. The summed E-state index contributed by atoms with van der Waals surface area (Å²) in [5, 5.41) is 11.7. The van der Waals surface area contributed by atoms with E-state index in [0.717, 1.165) is 49.6 Å². The van der Waals surface area contributed by atoms with E-state index in [-0.39, 0.29) is 5.92 Å². The zero-order chi connectivity index (χ0) is 18.3.